The van der Waals surface area contributed by atoms with Crippen LogP contribution < -0.4 is 10.2 Å². The first-order valence-electron chi connectivity index (χ1n) is 7.00. The van der Waals surface area contributed by atoms with Crippen LogP contribution in [0.1, 0.15) is 11.4 Å². The summed E-state index contributed by atoms with van der Waals surface area (Å²) in [5, 5.41) is 7.12. The van der Waals surface area contributed by atoms with Crippen molar-refractivity contribution in [1.82, 2.24) is 19.9 Å². The number of fused-ring (bicyclic) bond motifs is 1. The van der Waals surface area contributed by atoms with Gasteiger partial charge in [0.05, 0.1) is 18.8 Å². The summed E-state index contributed by atoms with van der Waals surface area (Å²) in [4.78, 5) is 18.4. The van der Waals surface area contributed by atoms with Crippen molar-refractivity contribution in [3.8, 4) is 0 Å². The van der Waals surface area contributed by atoms with Gasteiger partial charge in [0.2, 0.25) is 0 Å². The molecule has 0 aromatic carbocycles. The Labute approximate surface area is 122 Å². The van der Waals surface area contributed by atoms with Crippen LogP contribution in [-0.2, 0) is 9.53 Å². The monoisotopic (exact) mass is 289 g/mol. The van der Waals surface area contributed by atoms with Gasteiger partial charge in [0.1, 0.15) is 5.82 Å². The van der Waals surface area contributed by atoms with Gasteiger partial charge in [0.15, 0.2) is 11.8 Å². The lowest BCUT2D eigenvalue weighted by Gasteiger charge is -2.33. The van der Waals surface area contributed by atoms with Crippen LogP contribution in [0.25, 0.3) is 5.65 Å². The molecular formula is C14H19N5O2. The van der Waals surface area contributed by atoms with Crippen molar-refractivity contribution in [1.29, 1.82) is 0 Å². The molecule has 1 amide bonds. The summed E-state index contributed by atoms with van der Waals surface area (Å²) in [6.07, 6.45) is -0.455. The molecule has 1 aliphatic rings. The molecule has 2 aromatic heterocycles. The van der Waals surface area contributed by atoms with E-state index in [9.17, 15) is 4.79 Å². The summed E-state index contributed by atoms with van der Waals surface area (Å²) in [6.45, 7) is 5.66. The second-order valence-electron chi connectivity index (χ2n) is 5.23. The van der Waals surface area contributed by atoms with Crippen LogP contribution in [0.5, 0.6) is 0 Å². The fourth-order valence-corrected chi connectivity index (χ4v) is 2.60. The highest BCUT2D eigenvalue weighted by Crippen LogP contribution is 2.20. The Morgan fingerprint density at radius 1 is 1.38 bits per heavy atom. The van der Waals surface area contributed by atoms with E-state index in [0.717, 1.165) is 29.4 Å². The Bertz CT molecular complexity index is 681. The van der Waals surface area contributed by atoms with Gasteiger partial charge >= 0.3 is 0 Å². The van der Waals surface area contributed by atoms with Gasteiger partial charge in [-0.05, 0) is 13.8 Å². The summed E-state index contributed by atoms with van der Waals surface area (Å²) in [6, 6.07) is 3.94. The third-order valence-electron chi connectivity index (χ3n) is 3.59. The Kier molecular flexibility index (Phi) is 3.50. The summed E-state index contributed by atoms with van der Waals surface area (Å²) in [7, 11) is 1.62. The highest BCUT2D eigenvalue weighted by molar-refractivity contribution is 5.81. The lowest BCUT2D eigenvalue weighted by Crippen LogP contribution is -2.49. The van der Waals surface area contributed by atoms with Gasteiger partial charge in [0.25, 0.3) is 5.91 Å². The molecular weight excluding hydrogens is 270 g/mol. The van der Waals surface area contributed by atoms with Crippen LogP contribution in [0.2, 0.25) is 0 Å². The number of aromatic nitrogens is 3. The van der Waals surface area contributed by atoms with Gasteiger partial charge in [-0.1, -0.05) is 0 Å². The number of aryl methyl sites for hydroxylation is 2. The third-order valence-corrected chi connectivity index (χ3v) is 3.59. The van der Waals surface area contributed by atoms with Crippen molar-refractivity contribution in [3.05, 3.63) is 23.5 Å². The van der Waals surface area contributed by atoms with Gasteiger partial charge < -0.3 is 15.0 Å². The lowest BCUT2D eigenvalue weighted by molar-refractivity contribution is -0.132. The van der Waals surface area contributed by atoms with Gasteiger partial charge in [-0.2, -0.15) is 9.61 Å². The molecule has 7 nitrogen and oxygen atoms in total. The van der Waals surface area contributed by atoms with Crippen molar-refractivity contribution in [3.63, 3.8) is 0 Å². The molecule has 0 radical (unpaired) electrons. The van der Waals surface area contributed by atoms with Gasteiger partial charge in [-0.15, -0.1) is 0 Å². The van der Waals surface area contributed by atoms with Gasteiger partial charge in [-0.25, -0.2) is 4.98 Å². The van der Waals surface area contributed by atoms with Crippen LogP contribution in [0.3, 0.4) is 0 Å². The molecule has 0 aliphatic carbocycles. The highest BCUT2D eigenvalue weighted by atomic mass is 16.5. The smallest absolute Gasteiger partial charge is 0.250 e. The number of nitrogens with one attached hydrogen (secondary N) is 1. The topological polar surface area (TPSA) is 71.8 Å². The summed E-state index contributed by atoms with van der Waals surface area (Å²) < 4.78 is 7.36. The Hall–Kier alpha value is -2.15. The molecule has 3 rings (SSSR count). The third kappa shape index (κ3) is 2.56. The number of hydrogen-bond acceptors (Lipinski definition) is 5. The number of carbonyl (C=O) groups excluding carboxylic acids is 1. The number of amides is 1. The minimum Gasteiger partial charge on any atom is -0.365 e. The molecule has 0 saturated carbocycles. The van der Waals surface area contributed by atoms with Gasteiger partial charge in [-0.3, -0.25) is 4.79 Å². The molecule has 1 fully saturated rings. The number of likely N-dealkylation sites (N-methyl/N-ethyl adjacent to an activating group) is 1. The molecule has 1 N–H and O–H groups in total. The Balaban J connectivity index is 1.97. The van der Waals surface area contributed by atoms with Crippen LogP contribution in [0, 0.1) is 13.8 Å². The molecule has 1 aliphatic heterocycles. The first-order valence-corrected chi connectivity index (χ1v) is 7.00. The van der Waals surface area contributed by atoms with E-state index < -0.39 is 6.10 Å². The average Bonchev–Trinajstić information content (AvgIpc) is 2.85. The molecule has 0 spiro atoms. The Morgan fingerprint density at radius 3 is 2.95 bits per heavy atom. The number of anilines is 1. The van der Waals surface area contributed by atoms with Crippen molar-refractivity contribution >= 4 is 17.4 Å². The second-order valence-corrected chi connectivity index (χ2v) is 5.23. The molecule has 1 unspecified atom stereocenters. The average molecular weight is 289 g/mol. The predicted octanol–water partition coefficient (Wildman–Crippen LogP) is 0.297. The minimum absolute atomic E-state index is 0.0987. The molecule has 7 heteroatoms. The number of carbonyl (C=O) groups is 1. The fourth-order valence-electron chi connectivity index (χ4n) is 2.60. The number of ether oxygens (including phenoxy) is 1. The predicted molar refractivity (Wildman–Crippen MR) is 78.5 cm³/mol. The molecule has 112 valence electrons. The number of nitrogens with zero attached hydrogens (tertiary/aromatic N) is 4. The second kappa shape index (κ2) is 5.33. The van der Waals surface area contributed by atoms with Crippen LogP contribution >= 0.6 is 0 Å². The normalized spacial score (nSPS) is 19.0. The summed E-state index contributed by atoms with van der Waals surface area (Å²) >= 11 is 0. The van der Waals surface area contributed by atoms with Gasteiger partial charge in [0, 0.05) is 31.4 Å². The molecule has 2 aromatic rings. The number of hydrogen-bond donors (Lipinski definition) is 1. The first-order chi connectivity index (χ1) is 10.1. The largest absolute Gasteiger partial charge is 0.365 e. The zero-order valence-electron chi connectivity index (χ0n) is 12.5. The molecule has 0 bridgehead atoms. The van der Waals surface area contributed by atoms with E-state index in [1.54, 1.807) is 7.05 Å². The number of rotatable bonds is 2. The van der Waals surface area contributed by atoms with Crippen molar-refractivity contribution in [2.75, 3.05) is 31.6 Å². The minimum atomic E-state index is -0.455. The molecule has 1 saturated heterocycles. The first kappa shape index (κ1) is 13.8. The zero-order valence-corrected chi connectivity index (χ0v) is 12.5. The van der Waals surface area contributed by atoms with Crippen LogP contribution in [0.4, 0.5) is 5.82 Å². The van der Waals surface area contributed by atoms with E-state index in [1.807, 2.05) is 30.5 Å². The SMILES string of the molecule is CNC(=O)C1CN(c2cc(C)nc3cc(C)nn23)CCO1. The quantitative estimate of drug-likeness (QED) is 0.861. The van der Waals surface area contributed by atoms with Crippen molar-refractivity contribution < 1.29 is 9.53 Å². The highest BCUT2D eigenvalue weighted by Gasteiger charge is 2.27. The lowest BCUT2D eigenvalue weighted by atomic mass is 10.2. The van der Waals surface area contributed by atoms with Crippen molar-refractivity contribution in [2.45, 2.75) is 20.0 Å². The molecule has 21 heavy (non-hydrogen) atoms. The van der Waals surface area contributed by atoms with E-state index in [0.29, 0.717) is 13.2 Å². The maximum absolute atomic E-state index is 11.8. The van der Waals surface area contributed by atoms with E-state index >= 15 is 0 Å². The molecule has 3 heterocycles. The summed E-state index contributed by atoms with van der Waals surface area (Å²) in [5.41, 5.74) is 2.68. The standard InChI is InChI=1S/C14H19N5O2/c1-9-7-13(19-12(16-9)6-10(2)17-19)18-4-5-21-11(8-18)14(20)15-3/h6-7,11H,4-5,8H2,1-3H3,(H,15,20). The van der Waals surface area contributed by atoms with Crippen LogP contribution in [0.15, 0.2) is 12.1 Å². The van der Waals surface area contributed by atoms with E-state index in [-0.39, 0.29) is 5.91 Å². The van der Waals surface area contributed by atoms with E-state index in [1.165, 1.54) is 0 Å². The van der Waals surface area contributed by atoms with E-state index in [2.05, 4.69) is 20.3 Å². The Morgan fingerprint density at radius 2 is 2.19 bits per heavy atom. The van der Waals surface area contributed by atoms with Crippen molar-refractivity contribution in [2.24, 2.45) is 0 Å². The van der Waals surface area contributed by atoms with E-state index in [4.69, 9.17) is 4.74 Å². The summed E-state index contributed by atoms with van der Waals surface area (Å²) in [5.74, 6) is 0.848. The maximum atomic E-state index is 11.8. The maximum Gasteiger partial charge on any atom is 0.250 e. The number of morpholine rings is 1. The zero-order chi connectivity index (χ0) is 15.0. The molecule has 1 atom stereocenters. The van der Waals surface area contributed by atoms with Crippen LogP contribution in [-0.4, -0.2) is 53.4 Å². The fraction of sp³-hybridized carbons (Fsp3) is 0.500.